The van der Waals surface area contributed by atoms with Crippen LogP contribution in [0.3, 0.4) is 0 Å². The van der Waals surface area contributed by atoms with Crippen molar-refractivity contribution < 1.29 is 14.3 Å². The van der Waals surface area contributed by atoms with E-state index in [0.717, 1.165) is 22.7 Å². The number of ether oxygens (including phenoxy) is 2. The number of aromatic nitrogens is 1. The van der Waals surface area contributed by atoms with E-state index >= 15 is 0 Å². The molecular formula is C16H21N3O3S. The van der Waals surface area contributed by atoms with Crippen LogP contribution in [0.4, 0.5) is 0 Å². The first-order valence-electron chi connectivity index (χ1n) is 7.27. The molecule has 0 fully saturated rings. The van der Waals surface area contributed by atoms with Gasteiger partial charge in [-0.3, -0.25) is 4.79 Å². The van der Waals surface area contributed by atoms with Gasteiger partial charge in [0.2, 0.25) is 5.91 Å². The topological polar surface area (TPSA) is 86.5 Å². The molecule has 1 aromatic heterocycles. The van der Waals surface area contributed by atoms with Crippen molar-refractivity contribution in [2.75, 3.05) is 20.8 Å². The van der Waals surface area contributed by atoms with E-state index in [9.17, 15) is 4.79 Å². The molecule has 0 spiro atoms. The van der Waals surface area contributed by atoms with Gasteiger partial charge in [-0.25, -0.2) is 4.98 Å². The molecule has 0 atom stereocenters. The van der Waals surface area contributed by atoms with E-state index in [1.54, 1.807) is 14.2 Å². The molecule has 0 aliphatic heterocycles. The van der Waals surface area contributed by atoms with Crippen molar-refractivity contribution in [2.24, 2.45) is 5.73 Å². The summed E-state index contributed by atoms with van der Waals surface area (Å²) in [4.78, 5) is 16.2. The second kappa shape index (κ2) is 8.50. The lowest BCUT2D eigenvalue weighted by Crippen LogP contribution is -2.27. The zero-order chi connectivity index (χ0) is 16.7. The second-order valence-electron chi connectivity index (χ2n) is 4.90. The monoisotopic (exact) mass is 335 g/mol. The number of methoxy groups -OCH3 is 2. The predicted octanol–water partition coefficient (Wildman–Crippen LogP) is 1.52. The minimum Gasteiger partial charge on any atom is -0.493 e. The first-order chi connectivity index (χ1) is 11.2. The Labute approximate surface area is 139 Å². The number of nitrogens with two attached hydrogens (primary N) is 1. The van der Waals surface area contributed by atoms with Gasteiger partial charge in [0.1, 0.15) is 5.01 Å². The Morgan fingerprint density at radius 1 is 1.30 bits per heavy atom. The number of carbonyl (C=O) groups excluding carboxylic acids is 1. The Morgan fingerprint density at radius 3 is 2.74 bits per heavy atom. The lowest BCUT2D eigenvalue weighted by atomic mass is 10.1. The Kier molecular flexibility index (Phi) is 6.37. The van der Waals surface area contributed by atoms with Crippen molar-refractivity contribution in [3.63, 3.8) is 0 Å². The molecule has 6 nitrogen and oxygen atoms in total. The van der Waals surface area contributed by atoms with Gasteiger partial charge in [0.05, 0.1) is 26.3 Å². The van der Waals surface area contributed by atoms with Crippen LogP contribution in [0, 0.1) is 0 Å². The third-order valence-corrected chi connectivity index (χ3v) is 4.22. The second-order valence-corrected chi connectivity index (χ2v) is 5.85. The molecule has 0 bridgehead atoms. The highest BCUT2D eigenvalue weighted by molar-refractivity contribution is 7.09. The normalized spacial score (nSPS) is 10.4. The predicted molar refractivity (Wildman–Crippen MR) is 90.0 cm³/mol. The largest absolute Gasteiger partial charge is 0.493 e. The smallest absolute Gasteiger partial charge is 0.226 e. The summed E-state index contributed by atoms with van der Waals surface area (Å²) in [7, 11) is 3.21. The minimum absolute atomic E-state index is 0.0423. The molecule has 0 saturated heterocycles. The van der Waals surface area contributed by atoms with Gasteiger partial charge in [-0.15, -0.1) is 11.3 Å². The molecule has 1 aromatic carbocycles. The number of nitrogens with one attached hydrogen (secondary N) is 1. The van der Waals surface area contributed by atoms with Crippen LogP contribution in [0.1, 0.15) is 16.3 Å². The maximum atomic E-state index is 11.9. The summed E-state index contributed by atoms with van der Waals surface area (Å²) in [5.41, 5.74) is 7.35. The van der Waals surface area contributed by atoms with Crippen LogP contribution in [0.25, 0.3) is 0 Å². The quantitative estimate of drug-likeness (QED) is 0.764. The molecule has 1 amide bonds. The summed E-state index contributed by atoms with van der Waals surface area (Å²) in [5.74, 6) is 1.34. The number of rotatable bonds is 8. The Bertz CT molecular complexity index is 658. The molecule has 2 rings (SSSR count). The van der Waals surface area contributed by atoms with E-state index < -0.39 is 0 Å². The van der Waals surface area contributed by atoms with Crippen molar-refractivity contribution in [3.05, 3.63) is 39.8 Å². The average Bonchev–Trinajstić information content (AvgIpc) is 3.02. The van der Waals surface area contributed by atoms with E-state index in [1.165, 1.54) is 11.3 Å². The Hall–Kier alpha value is -2.12. The molecular weight excluding hydrogens is 314 g/mol. The molecule has 1 heterocycles. The molecule has 0 saturated carbocycles. The molecule has 0 radical (unpaired) electrons. The Balaban J connectivity index is 1.81. The van der Waals surface area contributed by atoms with Crippen LogP contribution in [0.2, 0.25) is 0 Å². The summed E-state index contributed by atoms with van der Waals surface area (Å²) >= 11 is 1.48. The van der Waals surface area contributed by atoms with Gasteiger partial charge in [-0.1, -0.05) is 6.07 Å². The number of hydrogen-bond acceptors (Lipinski definition) is 6. The number of nitrogens with zero attached hydrogens (tertiary/aromatic N) is 1. The molecule has 7 heteroatoms. The van der Waals surface area contributed by atoms with Gasteiger partial charge >= 0.3 is 0 Å². The van der Waals surface area contributed by atoms with Crippen molar-refractivity contribution in [3.8, 4) is 11.5 Å². The minimum atomic E-state index is -0.0423. The number of hydrogen-bond donors (Lipinski definition) is 2. The van der Waals surface area contributed by atoms with Crippen LogP contribution in [-0.4, -0.2) is 31.7 Å². The fraction of sp³-hybridized carbons (Fsp3) is 0.375. The molecule has 2 aromatic rings. The van der Waals surface area contributed by atoms with E-state index in [-0.39, 0.29) is 12.3 Å². The number of thiazole rings is 1. The van der Waals surface area contributed by atoms with E-state index in [1.807, 2.05) is 23.6 Å². The van der Waals surface area contributed by atoms with Gasteiger partial charge in [-0.2, -0.15) is 0 Å². The highest BCUT2D eigenvalue weighted by Gasteiger charge is 2.08. The molecule has 0 aliphatic rings. The van der Waals surface area contributed by atoms with Gasteiger partial charge in [0.15, 0.2) is 11.5 Å². The van der Waals surface area contributed by atoms with E-state index in [4.69, 9.17) is 15.2 Å². The lowest BCUT2D eigenvalue weighted by molar-refractivity contribution is -0.120. The van der Waals surface area contributed by atoms with Crippen LogP contribution < -0.4 is 20.5 Å². The highest BCUT2D eigenvalue weighted by Crippen LogP contribution is 2.27. The van der Waals surface area contributed by atoms with E-state index in [0.29, 0.717) is 24.6 Å². The van der Waals surface area contributed by atoms with Gasteiger partial charge < -0.3 is 20.5 Å². The molecule has 3 N–H and O–H groups in total. The van der Waals surface area contributed by atoms with Crippen LogP contribution in [-0.2, 0) is 24.2 Å². The summed E-state index contributed by atoms with van der Waals surface area (Å²) in [6.45, 7) is 0.966. The third kappa shape index (κ3) is 4.94. The molecule has 0 aliphatic carbocycles. The first kappa shape index (κ1) is 17.2. The fourth-order valence-corrected chi connectivity index (χ4v) is 2.81. The van der Waals surface area contributed by atoms with Crippen LogP contribution in [0.5, 0.6) is 11.5 Å². The maximum absolute atomic E-state index is 11.9. The van der Waals surface area contributed by atoms with Crippen molar-refractivity contribution >= 4 is 17.2 Å². The molecule has 0 unspecified atom stereocenters. The van der Waals surface area contributed by atoms with Crippen molar-refractivity contribution in [1.82, 2.24) is 10.3 Å². The summed E-state index contributed by atoms with van der Waals surface area (Å²) in [6.07, 6.45) is 1.000. The van der Waals surface area contributed by atoms with Gasteiger partial charge in [-0.05, 0) is 24.1 Å². The standard InChI is InChI=1S/C16H21N3O3S/c1-21-13-4-3-11(7-14(13)22-2)5-6-18-15(20)8-12-10-23-16(9-17)19-12/h3-4,7,10H,5-6,8-9,17H2,1-2H3,(H,18,20). The highest BCUT2D eigenvalue weighted by atomic mass is 32.1. The lowest BCUT2D eigenvalue weighted by Gasteiger charge is -2.10. The number of benzene rings is 1. The zero-order valence-corrected chi connectivity index (χ0v) is 14.1. The zero-order valence-electron chi connectivity index (χ0n) is 13.3. The average molecular weight is 335 g/mol. The fourth-order valence-electron chi connectivity index (χ4n) is 2.13. The Morgan fingerprint density at radius 2 is 2.09 bits per heavy atom. The van der Waals surface area contributed by atoms with Crippen LogP contribution >= 0.6 is 11.3 Å². The molecule has 124 valence electrons. The first-order valence-corrected chi connectivity index (χ1v) is 8.15. The maximum Gasteiger partial charge on any atom is 0.226 e. The summed E-state index contributed by atoms with van der Waals surface area (Å²) < 4.78 is 10.5. The van der Waals surface area contributed by atoms with Crippen LogP contribution in [0.15, 0.2) is 23.6 Å². The van der Waals surface area contributed by atoms with E-state index in [2.05, 4.69) is 10.3 Å². The SMILES string of the molecule is COc1ccc(CCNC(=O)Cc2csc(CN)n2)cc1OC. The third-order valence-electron chi connectivity index (χ3n) is 3.30. The number of carbonyl (C=O) groups is 1. The van der Waals surface area contributed by atoms with Gasteiger partial charge in [0.25, 0.3) is 0 Å². The number of amides is 1. The van der Waals surface area contributed by atoms with Gasteiger partial charge in [0, 0.05) is 18.5 Å². The summed E-state index contributed by atoms with van der Waals surface area (Å²) in [6, 6.07) is 5.74. The van der Waals surface area contributed by atoms with Crippen molar-refractivity contribution in [2.45, 2.75) is 19.4 Å². The van der Waals surface area contributed by atoms with Crippen molar-refractivity contribution in [1.29, 1.82) is 0 Å². The molecule has 23 heavy (non-hydrogen) atoms. The summed E-state index contributed by atoms with van der Waals surface area (Å²) in [5, 5.41) is 5.61.